The van der Waals surface area contributed by atoms with E-state index in [0.717, 1.165) is 11.7 Å². The van der Waals surface area contributed by atoms with Crippen LogP contribution >= 0.6 is 0 Å². The zero-order valence-corrected chi connectivity index (χ0v) is 5.18. The Bertz CT molecular complexity index is 169. The van der Waals surface area contributed by atoms with Crippen molar-refractivity contribution in [2.24, 2.45) is 5.14 Å². The summed E-state index contributed by atoms with van der Waals surface area (Å²) in [6.45, 7) is 0. The minimum Gasteiger partial charge on any atom is -0.504 e. The Labute approximate surface area is 48.0 Å². The van der Waals surface area contributed by atoms with Crippen molar-refractivity contribution in [3.05, 3.63) is 11.7 Å². The van der Waals surface area contributed by atoms with E-state index in [2.05, 4.69) is 9.88 Å². The number of rotatable bonds is 2. The van der Waals surface area contributed by atoms with Crippen LogP contribution in [0.5, 0.6) is 0 Å². The number of nitrogens with two attached hydrogens (primary N) is 1. The standard InChI is InChI=1S/C3H7NO3S/c1-7-2-3-8(4,5)6/h2-3H,1H3,(H2,4,5,6)/b3-2+. The molecule has 0 aliphatic carbocycles. The molecular formula is C3H7NO3S. The van der Waals surface area contributed by atoms with E-state index >= 15 is 0 Å². The number of hydrogen-bond donors (Lipinski definition) is 1. The van der Waals surface area contributed by atoms with Gasteiger partial charge in [0.1, 0.15) is 0 Å². The monoisotopic (exact) mass is 137 g/mol. The Hall–Kier alpha value is -0.550. The maximum atomic E-state index is 10.0. The van der Waals surface area contributed by atoms with Crippen LogP contribution < -0.4 is 5.14 Å². The van der Waals surface area contributed by atoms with Crippen molar-refractivity contribution in [2.75, 3.05) is 7.11 Å². The molecule has 0 heterocycles. The van der Waals surface area contributed by atoms with Gasteiger partial charge in [0.05, 0.1) is 18.8 Å². The van der Waals surface area contributed by atoms with Crippen LogP contribution in [-0.4, -0.2) is 15.5 Å². The van der Waals surface area contributed by atoms with Gasteiger partial charge in [-0.2, -0.15) is 0 Å². The van der Waals surface area contributed by atoms with Gasteiger partial charge in [-0.15, -0.1) is 0 Å². The smallest absolute Gasteiger partial charge is 0.234 e. The molecule has 8 heavy (non-hydrogen) atoms. The van der Waals surface area contributed by atoms with Crippen LogP contribution in [0.15, 0.2) is 11.7 Å². The van der Waals surface area contributed by atoms with Gasteiger partial charge in [0.15, 0.2) is 0 Å². The third kappa shape index (κ3) is 5.45. The van der Waals surface area contributed by atoms with Crippen LogP contribution in [0.25, 0.3) is 0 Å². The van der Waals surface area contributed by atoms with Gasteiger partial charge in [-0.1, -0.05) is 0 Å². The van der Waals surface area contributed by atoms with Crippen LogP contribution in [0.2, 0.25) is 0 Å². The maximum Gasteiger partial charge on any atom is 0.234 e. The lowest BCUT2D eigenvalue weighted by Gasteiger charge is -1.83. The molecule has 0 aromatic heterocycles. The minimum absolute atomic E-state index is 0.771. The first-order valence-electron chi connectivity index (χ1n) is 1.78. The molecule has 0 radical (unpaired) electrons. The van der Waals surface area contributed by atoms with Gasteiger partial charge in [-0.05, 0) is 0 Å². The van der Waals surface area contributed by atoms with Crippen LogP contribution in [-0.2, 0) is 14.8 Å². The summed E-state index contributed by atoms with van der Waals surface area (Å²) in [5, 5.41) is 5.30. The highest BCUT2D eigenvalue weighted by Crippen LogP contribution is 1.78. The van der Waals surface area contributed by atoms with E-state index in [0.29, 0.717) is 0 Å². The fourth-order valence-corrected chi connectivity index (χ4v) is 0.399. The number of hydrogen-bond acceptors (Lipinski definition) is 3. The van der Waals surface area contributed by atoms with E-state index in [1.165, 1.54) is 7.11 Å². The fourth-order valence-electron chi connectivity index (χ4n) is 0.133. The first kappa shape index (κ1) is 7.45. The Morgan fingerprint density at radius 1 is 1.62 bits per heavy atom. The van der Waals surface area contributed by atoms with Crippen molar-refractivity contribution in [3.63, 3.8) is 0 Å². The van der Waals surface area contributed by atoms with E-state index in [1.807, 2.05) is 0 Å². The van der Waals surface area contributed by atoms with E-state index < -0.39 is 10.0 Å². The molecule has 0 saturated carbocycles. The molecule has 0 atom stereocenters. The molecule has 0 aliphatic rings. The van der Waals surface area contributed by atoms with Crippen molar-refractivity contribution in [1.82, 2.24) is 0 Å². The fraction of sp³-hybridized carbons (Fsp3) is 0.333. The van der Waals surface area contributed by atoms with Crippen LogP contribution in [0, 0.1) is 0 Å². The molecule has 4 nitrogen and oxygen atoms in total. The van der Waals surface area contributed by atoms with Crippen molar-refractivity contribution < 1.29 is 13.2 Å². The predicted octanol–water partition coefficient (Wildman–Crippen LogP) is -0.607. The summed E-state index contributed by atoms with van der Waals surface area (Å²) in [5.41, 5.74) is 0. The Morgan fingerprint density at radius 2 is 2.12 bits per heavy atom. The molecule has 0 saturated heterocycles. The number of methoxy groups -OCH3 is 1. The normalized spacial score (nSPS) is 12.2. The minimum atomic E-state index is -3.49. The summed E-state index contributed by atoms with van der Waals surface area (Å²) in [5.74, 6) is 0. The molecule has 0 unspecified atom stereocenters. The molecule has 0 aromatic carbocycles. The SMILES string of the molecule is CO/C=C/S(N)(=O)=O. The molecular weight excluding hydrogens is 130 g/mol. The second-order valence-corrected chi connectivity index (χ2v) is 2.55. The van der Waals surface area contributed by atoms with Gasteiger partial charge >= 0.3 is 0 Å². The number of primary sulfonamides is 1. The van der Waals surface area contributed by atoms with Crippen molar-refractivity contribution >= 4 is 10.0 Å². The summed E-state index contributed by atoms with van der Waals surface area (Å²) in [4.78, 5) is 0. The largest absolute Gasteiger partial charge is 0.504 e. The van der Waals surface area contributed by atoms with Gasteiger partial charge in [0.2, 0.25) is 10.0 Å². The summed E-state index contributed by atoms with van der Waals surface area (Å²) in [6, 6.07) is 0. The molecule has 0 amide bonds. The summed E-state index contributed by atoms with van der Waals surface area (Å²) in [7, 11) is -2.16. The summed E-state index contributed by atoms with van der Waals surface area (Å²) in [6.07, 6.45) is 0.995. The third-order valence-electron chi connectivity index (χ3n) is 0.381. The van der Waals surface area contributed by atoms with Crippen molar-refractivity contribution in [2.45, 2.75) is 0 Å². The van der Waals surface area contributed by atoms with Crippen molar-refractivity contribution in [3.8, 4) is 0 Å². The van der Waals surface area contributed by atoms with Crippen LogP contribution in [0.1, 0.15) is 0 Å². The first-order valence-corrected chi connectivity index (χ1v) is 3.39. The highest BCUT2D eigenvalue weighted by molar-refractivity contribution is 7.92. The van der Waals surface area contributed by atoms with E-state index in [-0.39, 0.29) is 0 Å². The van der Waals surface area contributed by atoms with Gasteiger partial charge in [-0.3, -0.25) is 0 Å². The van der Waals surface area contributed by atoms with Gasteiger partial charge in [0, 0.05) is 0 Å². The molecule has 0 aliphatic heterocycles. The zero-order valence-electron chi connectivity index (χ0n) is 4.37. The van der Waals surface area contributed by atoms with Gasteiger partial charge < -0.3 is 4.74 Å². The van der Waals surface area contributed by atoms with E-state index in [4.69, 9.17) is 0 Å². The average Bonchev–Trinajstić information content (AvgIpc) is 1.59. The highest BCUT2D eigenvalue weighted by Gasteiger charge is 1.89. The molecule has 0 aromatic rings. The molecule has 5 heteroatoms. The van der Waals surface area contributed by atoms with Gasteiger partial charge in [0.25, 0.3) is 0 Å². The second kappa shape index (κ2) is 2.68. The number of ether oxygens (including phenoxy) is 1. The lowest BCUT2D eigenvalue weighted by Crippen LogP contribution is -2.06. The first-order chi connectivity index (χ1) is 3.56. The molecule has 0 spiro atoms. The van der Waals surface area contributed by atoms with Crippen LogP contribution in [0.3, 0.4) is 0 Å². The number of sulfonamides is 1. The third-order valence-corrected chi connectivity index (χ3v) is 0.872. The molecule has 0 rings (SSSR count). The summed E-state index contributed by atoms with van der Waals surface area (Å²) >= 11 is 0. The topological polar surface area (TPSA) is 69.4 Å². The Balaban J connectivity index is 3.92. The van der Waals surface area contributed by atoms with E-state index in [9.17, 15) is 8.42 Å². The maximum absolute atomic E-state index is 10.0. The summed E-state index contributed by atoms with van der Waals surface area (Å²) < 4.78 is 24.3. The lowest BCUT2D eigenvalue weighted by molar-refractivity contribution is 0.338. The average molecular weight is 137 g/mol. The Morgan fingerprint density at radius 3 is 2.25 bits per heavy atom. The van der Waals surface area contributed by atoms with Crippen LogP contribution in [0.4, 0.5) is 0 Å². The highest BCUT2D eigenvalue weighted by atomic mass is 32.2. The van der Waals surface area contributed by atoms with Gasteiger partial charge in [-0.25, -0.2) is 13.6 Å². The molecule has 48 valence electrons. The second-order valence-electron chi connectivity index (χ2n) is 1.10. The zero-order chi connectivity index (χ0) is 6.62. The van der Waals surface area contributed by atoms with E-state index in [1.54, 1.807) is 0 Å². The van der Waals surface area contributed by atoms with Crippen molar-refractivity contribution in [1.29, 1.82) is 0 Å². The predicted molar refractivity (Wildman–Crippen MR) is 29.3 cm³/mol. The Kier molecular flexibility index (Phi) is 2.50. The quantitative estimate of drug-likeness (QED) is 0.516. The molecule has 2 N–H and O–H groups in total. The lowest BCUT2D eigenvalue weighted by atomic mass is 11.1. The molecule has 0 bridgehead atoms. The molecule has 0 fully saturated rings.